The minimum Gasteiger partial charge on any atom is -0.435 e. The average Bonchev–Trinajstić information content (AvgIpc) is 2.69. The maximum absolute atomic E-state index is 9.40. The number of nitrogens with one attached hydrogen (secondary N) is 1. The number of furan rings is 1. The Labute approximate surface area is 78.4 Å². The molecule has 7 nitrogen and oxygen atoms in total. The van der Waals surface area contributed by atoms with Crippen LogP contribution in [0.15, 0.2) is 15.5 Å². The van der Waals surface area contributed by atoms with E-state index in [9.17, 15) is 10.4 Å². The molecular formula is C7H10N4O3. The molecule has 7 heteroatoms. The summed E-state index contributed by atoms with van der Waals surface area (Å²) >= 11 is 0. The second kappa shape index (κ2) is 2.72. The first-order valence-corrected chi connectivity index (χ1v) is 3.95. The summed E-state index contributed by atoms with van der Waals surface area (Å²) < 4.78 is 5.27. The molecule has 0 aliphatic heterocycles. The van der Waals surface area contributed by atoms with Crippen molar-refractivity contribution in [2.45, 2.75) is 0 Å². The van der Waals surface area contributed by atoms with Crippen molar-refractivity contribution in [3.05, 3.63) is 11.6 Å². The van der Waals surface area contributed by atoms with E-state index in [4.69, 9.17) is 4.42 Å². The molecule has 0 aromatic carbocycles. The van der Waals surface area contributed by atoms with E-state index in [2.05, 4.69) is 10.3 Å². The van der Waals surface area contributed by atoms with E-state index < -0.39 is 0 Å². The smallest absolute Gasteiger partial charge is 0.231 e. The van der Waals surface area contributed by atoms with Gasteiger partial charge in [-0.05, 0) is 0 Å². The molecule has 0 bridgehead atoms. The van der Waals surface area contributed by atoms with Gasteiger partial charge in [0.15, 0.2) is 11.4 Å². The predicted octanol–water partition coefficient (Wildman–Crippen LogP) is 0.0826. The molecule has 2 rings (SSSR count). The highest BCUT2D eigenvalue weighted by Gasteiger charge is 2.15. The van der Waals surface area contributed by atoms with Gasteiger partial charge in [-0.3, -0.25) is 4.99 Å². The minimum absolute atomic E-state index is 0.156. The van der Waals surface area contributed by atoms with Crippen molar-refractivity contribution in [3.8, 4) is 0 Å². The molecule has 0 saturated heterocycles. The molecule has 0 aliphatic rings. The zero-order valence-electron chi connectivity index (χ0n) is 7.72. The minimum atomic E-state index is 0.156. The van der Waals surface area contributed by atoms with Gasteiger partial charge in [0, 0.05) is 20.2 Å². The summed E-state index contributed by atoms with van der Waals surface area (Å²) in [7, 11) is 3.18. The summed E-state index contributed by atoms with van der Waals surface area (Å²) in [6.45, 7) is 0. The Kier molecular flexibility index (Phi) is 1.66. The number of anilines is 1. The van der Waals surface area contributed by atoms with Crippen LogP contribution < -0.4 is 10.8 Å². The van der Waals surface area contributed by atoms with Crippen LogP contribution in [0.5, 0.6) is 0 Å². The van der Waals surface area contributed by atoms with Crippen molar-refractivity contribution in [2.24, 2.45) is 4.99 Å². The van der Waals surface area contributed by atoms with Gasteiger partial charge >= 0.3 is 0 Å². The average molecular weight is 198 g/mol. The van der Waals surface area contributed by atoms with E-state index in [1.165, 1.54) is 7.05 Å². The number of fused-ring (bicyclic) bond motifs is 1. The van der Waals surface area contributed by atoms with Crippen LogP contribution in [-0.4, -0.2) is 34.2 Å². The van der Waals surface area contributed by atoms with Gasteiger partial charge in [-0.15, -0.1) is 0 Å². The predicted molar refractivity (Wildman–Crippen MR) is 47.6 cm³/mol. The topological polar surface area (TPSA) is 87.9 Å². The highest BCUT2D eigenvalue weighted by Crippen LogP contribution is 2.19. The lowest BCUT2D eigenvalue weighted by Gasteiger charge is -1.95. The third-order valence-electron chi connectivity index (χ3n) is 1.96. The molecule has 0 atom stereocenters. The number of aromatic nitrogens is 2. The molecule has 0 saturated carbocycles. The lowest BCUT2D eigenvalue weighted by Crippen LogP contribution is -2.20. The van der Waals surface area contributed by atoms with E-state index in [-0.39, 0.29) is 5.49 Å². The van der Waals surface area contributed by atoms with Gasteiger partial charge in [0.05, 0.1) is 0 Å². The Morgan fingerprint density at radius 1 is 1.43 bits per heavy atom. The van der Waals surface area contributed by atoms with Crippen LogP contribution >= 0.6 is 0 Å². The third-order valence-corrected chi connectivity index (χ3v) is 1.96. The lowest BCUT2D eigenvalue weighted by atomic mass is 10.5. The Morgan fingerprint density at radius 2 is 2.14 bits per heavy atom. The van der Waals surface area contributed by atoms with Crippen molar-refractivity contribution >= 4 is 17.0 Å². The van der Waals surface area contributed by atoms with Crippen LogP contribution in [0.2, 0.25) is 0 Å². The van der Waals surface area contributed by atoms with Crippen molar-refractivity contribution in [1.29, 1.82) is 0 Å². The molecule has 14 heavy (non-hydrogen) atoms. The summed E-state index contributed by atoms with van der Waals surface area (Å²) in [6, 6.07) is 1.55. The number of rotatable bonds is 1. The quantitative estimate of drug-likeness (QED) is 0.566. The Bertz CT molecular complexity index is 533. The largest absolute Gasteiger partial charge is 0.435 e. The van der Waals surface area contributed by atoms with Crippen LogP contribution in [0.4, 0.5) is 5.88 Å². The zero-order chi connectivity index (χ0) is 10.3. The van der Waals surface area contributed by atoms with Crippen LogP contribution in [0.1, 0.15) is 0 Å². The third kappa shape index (κ3) is 0.889. The Morgan fingerprint density at radius 3 is 2.71 bits per heavy atom. The molecule has 0 spiro atoms. The standard InChI is InChI=1S/C7H10N4O3/c1-8-5-3-4-6(14-5)7(9-2)11(13)10(4)12/h3,8,12-13H,1-2H3. The van der Waals surface area contributed by atoms with Crippen LogP contribution in [-0.2, 0) is 0 Å². The first kappa shape index (κ1) is 8.54. The number of nitrogens with zero attached hydrogens (tertiary/aromatic N) is 3. The zero-order valence-corrected chi connectivity index (χ0v) is 7.72. The summed E-state index contributed by atoms with van der Waals surface area (Å²) in [5, 5.41) is 21.5. The fourth-order valence-electron chi connectivity index (χ4n) is 1.29. The monoisotopic (exact) mass is 198 g/mol. The van der Waals surface area contributed by atoms with Gasteiger partial charge < -0.3 is 20.1 Å². The molecule has 2 heterocycles. The van der Waals surface area contributed by atoms with Gasteiger partial charge in [-0.25, -0.2) is 0 Å². The summed E-state index contributed by atoms with van der Waals surface area (Å²) in [4.78, 5) is 4.84. The molecule has 0 unspecified atom stereocenters. The second-order valence-corrected chi connectivity index (χ2v) is 2.70. The molecule has 0 aliphatic carbocycles. The van der Waals surface area contributed by atoms with Gasteiger partial charge in [0.2, 0.25) is 11.1 Å². The van der Waals surface area contributed by atoms with E-state index in [1.807, 2.05) is 0 Å². The van der Waals surface area contributed by atoms with Crippen molar-refractivity contribution in [3.63, 3.8) is 0 Å². The number of hydrogen-bond acceptors (Lipinski definition) is 5. The summed E-state index contributed by atoms with van der Waals surface area (Å²) in [5.74, 6) is 0.489. The van der Waals surface area contributed by atoms with Crippen LogP contribution in [0.3, 0.4) is 0 Å². The van der Waals surface area contributed by atoms with Gasteiger partial charge in [-0.1, -0.05) is 9.69 Å². The van der Waals surface area contributed by atoms with Gasteiger partial charge in [0.25, 0.3) is 0 Å². The highest BCUT2D eigenvalue weighted by atomic mass is 16.6. The molecule has 3 N–H and O–H groups in total. The first-order valence-electron chi connectivity index (χ1n) is 3.95. The highest BCUT2D eigenvalue weighted by molar-refractivity contribution is 5.76. The lowest BCUT2D eigenvalue weighted by molar-refractivity contribution is -0.00979. The number of hydrogen-bond donors (Lipinski definition) is 3. The second-order valence-electron chi connectivity index (χ2n) is 2.70. The molecule has 0 radical (unpaired) electrons. The molecule has 76 valence electrons. The first-order chi connectivity index (χ1) is 6.69. The van der Waals surface area contributed by atoms with E-state index in [0.29, 0.717) is 26.7 Å². The maximum atomic E-state index is 9.40. The molecule has 0 fully saturated rings. The van der Waals surface area contributed by atoms with Gasteiger partial charge in [0.1, 0.15) is 0 Å². The van der Waals surface area contributed by atoms with E-state index in [1.54, 1.807) is 13.1 Å². The normalized spacial score (nSPS) is 12.6. The van der Waals surface area contributed by atoms with Gasteiger partial charge in [-0.2, -0.15) is 0 Å². The Balaban J connectivity index is 2.90. The van der Waals surface area contributed by atoms with Crippen LogP contribution in [0, 0.1) is 0 Å². The van der Waals surface area contributed by atoms with Crippen LogP contribution in [0.25, 0.3) is 11.1 Å². The Hall–Kier alpha value is -2.05. The fraction of sp³-hybridized carbons (Fsp3) is 0.286. The van der Waals surface area contributed by atoms with E-state index in [0.717, 1.165) is 0 Å². The molecular weight excluding hydrogens is 188 g/mol. The molecule has 2 aromatic rings. The molecule has 0 amide bonds. The maximum Gasteiger partial charge on any atom is 0.231 e. The molecule has 2 aromatic heterocycles. The van der Waals surface area contributed by atoms with E-state index >= 15 is 0 Å². The summed E-state index contributed by atoms with van der Waals surface area (Å²) in [5.41, 5.74) is 0.823. The van der Waals surface area contributed by atoms with Crippen molar-refractivity contribution in [2.75, 3.05) is 19.4 Å². The van der Waals surface area contributed by atoms with Crippen molar-refractivity contribution < 1.29 is 14.8 Å². The van der Waals surface area contributed by atoms with Crippen molar-refractivity contribution in [1.82, 2.24) is 9.69 Å². The fourth-order valence-corrected chi connectivity index (χ4v) is 1.29. The SMILES string of the molecule is CN=c1c2oc(NC)cc2n(O)n1O. The summed E-state index contributed by atoms with van der Waals surface area (Å²) in [6.07, 6.45) is 0.